The molecule has 2 aromatic heterocycles. The number of fused-ring (bicyclic) bond motifs is 2. The number of piperidine rings is 1. The number of nitrogens with one attached hydrogen (secondary N) is 1. The summed E-state index contributed by atoms with van der Waals surface area (Å²) in [6, 6.07) is 5.04. The summed E-state index contributed by atoms with van der Waals surface area (Å²) >= 11 is 0. The van der Waals surface area contributed by atoms with E-state index in [1.165, 1.54) is 6.20 Å². The fourth-order valence-electron chi connectivity index (χ4n) is 4.27. The molecule has 1 unspecified atom stereocenters. The highest BCUT2D eigenvalue weighted by Gasteiger charge is 2.49. The standard InChI is InChI=1S/C20H21FN6O2/c1-20-5-4-14(24-20)18(21)17(9-20)29-19-23-10-15(25-26-19)13-3-2-12(8-16(13)28)27-7-6-22-11-27/h2-3,6-8,10-11,14,17-18,24,28H,4-5,9H2,1H3/t14?,17-,18-,20-/m0/s1. The average molecular weight is 396 g/mol. The highest BCUT2D eigenvalue weighted by molar-refractivity contribution is 5.67. The molecule has 2 N–H and O–H groups in total. The molecule has 4 atom stereocenters. The van der Waals surface area contributed by atoms with Gasteiger partial charge in [0.25, 0.3) is 0 Å². The molecule has 2 bridgehead atoms. The summed E-state index contributed by atoms with van der Waals surface area (Å²) in [4.78, 5) is 8.17. The Morgan fingerprint density at radius 1 is 1.34 bits per heavy atom. The van der Waals surface area contributed by atoms with Gasteiger partial charge in [0.1, 0.15) is 17.5 Å². The van der Waals surface area contributed by atoms with Gasteiger partial charge in [0.2, 0.25) is 0 Å². The number of halogens is 1. The number of aromatic hydroxyl groups is 1. The lowest BCUT2D eigenvalue weighted by Gasteiger charge is -2.38. The fraction of sp³-hybridized carbons (Fsp3) is 0.400. The lowest BCUT2D eigenvalue weighted by Crippen LogP contribution is -2.57. The summed E-state index contributed by atoms with van der Waals surface area (Å²) < 4.78 is 22.2. The van der Waals surface area contributed by atoms with Crippen molar-refractivity contribution in [3.8, 4) is 28.7 Å². The molecular weight excluding hydrogens is 375 g/mol. The Labute approximate surface area is 166 Å². The molecule has 5 rings (SSSR count). The highest BCUT2D eigenvalue weighted by atomic mass is 19.1. The van der Waals surface area contributed by atoms with E-state index in [0.29, 0.717) is 17.7 Å². The first-order valence-electron chi connectivity index (χ1n) is 9.61. The number of hydrogen-bond acceptors (Lipinski definition) is 7. The minimum atomic E-state index is -1.10. The van der Waals surface area contributed by atoms with Crippen molar-refractivity contribution in [1.82, 2.24) is 30.0 Å². The molecule has 29 heavy (non-hydrogen) atoms. The lowest BCUT2D eigenvalue weighted by atomic mass is 9.90. The van der Waals surface area contributed by atoms with Crippen molar-refractivity contribution in [3.63, 3.8) is 0 Å². The fourth-order valence-corrected chi connectivity index (χ4v) is 4.27. The topological polar surface area (TPSA) is 98.0 Å². The molecule has 2 aliphatic heterocycles. The van der Waals surface area contributed by atoms with Gasteiger partial charge in [-0.1, -0.05) is 5.10 Å². The number of phenolic OH excluding ortho intramolecular Hbond substituents is 1. The van der Waals surface area contributed by atoms with Crippen molar-refractivity contribution >= 4 is 0 Å². The number of imidazole rings is 1. The van der Waals surface area contributed by atoms with Crippen molar-refractivity contribution < 1.29 is 14.2 Å². The summed E-state index contributed by atoms with van der Waals surface area (Å²) in [6.07, 6.45) is 7.17. The summed E-state index contributed by atoms with van der Waals surface area (Å²) in [6.45, 7) is 2.09. The molecule has 2 fully saturated rings. The molecule has 0 radical (unpaired) electrons. The maximum absolute atomic E-state index is 14.6. The van der Waals surface area contributed by atoms with Crippen LogP contribution in [-0.2, 0) is 0 Å². The van der Waals surface area contributed by atoms with Gasteiger partial charge in [0, 0.05) is 42.0 Å². The van der Waals surface area contributed by atoms with E-state index >= 15 is 0 Å². The molecule has 150 valence electrons. The van der Waals surface area contributed by atoms with Crippen molar-refractivity contribution in [2.45, 2.75) is 50.0 Å². The van der Waals surface area contributed by atoms with Gasteiger partial charge in [-0.25, -0.2) is 14.4 Å². The number of phenols is 1. The summed E-state index contributed by atoms with van der Waals surface area (Å²) in [7, 11) is 0. The van der Waals surface area contributed by atoms with Crippen molar-refractivity contribution in [2.24, 2.45) is 0 Å². The zero-order valence-corrected chi connectivity index (χ0v) is 15.9. The van der Waals surface area contributed by atoms with Gasteiger partial charge < -0.3 is 19.7 Å². The monoisotopic (exact) mass is 396 g/mol. The normalized spacial score (nSPS) is 28.4. The Bertz CT molecular complexity index is 1010. The molecular formula is C20H21FN6O2. The number of rotatable bonds is 4. The van der Waals surface area contributed by atoms with E-state index in [1.807, 2.05) is 6.07 Å². The van der Waals surface area contributed by atoms with Gasteiger partial charge >= 0.3 is 6.01 Å². The average Bonchev–Trinajstić information content (AvgIpc) is 3.36. The zero-order chi connectivity index (χ0) is 20.0. The van der Waals surface area contributed by atoms with Crippen molar-refractivity contribution in [1.29, 1.82) is 0 Å². The first-order chi connectivity index (χ1) is 14.0. The van der Waals surface area contributed by atoms with Crippen LogP contribution >= 0.6 is 0 Å². The zero-order valence-electron chi connectivity index (χ0n) is 15.9. The van der Waals surface area contributed by atoms with E-state index in [4.69, 9.17) is 4.74 Å². The maximum atomic E-state index is 14.6. The largest absolute Gasteiger partial charge is 0.507 e. The quantitative estimate of drug-likeness (QED) is 0.699. The van der Waals surface area contributed by atoms with Crippen LogP contribution in [0.3, 0.4) is 0 Å². The molecule has 2 aliphatic rings. The molecule has 1 aromatic carbocycles. The minimum Gasteiger partial charge on any atom is -0.507 e. The second-order valence-electron chi connectivity index (χ2n) is 7.95. The second-order valence-corrected chi connectivity index (χ2v) is 7.95. The first-order valence-corrected chi connectivity index (χ1v) is 9.61. The molecule has 4 heterocycles. The number of alkyl halides is 1. The van der Waals surface area contributed by atoms with Crippen LogP contribution in [0, 0.1) is 0 Å². The summed E-state index contributed by atoms with van der Waals surface area (Å²) in [5.74, 6) is 0.0487. The van der Waals surface area contributed by atoms with E-state index in [0.717, 1.165) is 18.5 Å². The Kier molecular flexibility index (Phi) is 4.20. The van der Waals surface area contributed by atoms with Crippen LogP contribution in [0.25, 0.3) is 16.9 Å². The number of hydrogen-bond donors (Lipinski definition) is 2. The third kappa shape index (κ3) is 3.31. The third-order valence-electron chi connectivity index (χ3n) is 5.79. The van der Waals surface area contributed by atoms with Crippen LogP contribution in [0.4, 0.5) is 4.39 Å². The molecule has 3 aromatic rings. The van der Waals surface area contributed by atoms with Gasteiger partial charge in [-0.15, -0.1) is 5.10 Å². The Balaban J connectivity index is 1.33. The van der Waals surface area contributed by atoms with Crippen molar-refractivity contribution in [3.05, 3.63) is 43.1 Å². The van der Waals surface area contributed by atoms with E-state index in [1.54, 1.807) is 35.4 Å². The maximum Gasteiger partial charge on any atom is 0.336 e. The molecule has 9 heteroatoms. The molecule has 0 aliphatic carbocycles. The van der Waals surface area contributed by atoms with E-state index in [2.05, 4.69) is 32.4 Å². The van der Waals surface area contributed by atoms with Crippen LogP contribution < -0.4 is 10.1 Å². The molecule has 8 nitrogen and oxygen atoms in total. The van der Waals surface area contributed by atoms with Crippen LogP contribution in [0.2, 0.25) is 0 Å². The van der Waals surface area contributed by atoms with Crippen LogP contribution in [0.15, 0.2) is 43.1 Å². The Morgan fingerprint density at radius 3 is 2.97 bits per heavy atom. The number of aromatic nitrogens is 5. The number of benzene rings is 1. The van der Waals surface area contributed by atoms with Gasteiger partial charge in [-0.2, -0.15) is 0 Å². The van der Waals surface area contributed by atoms with Gasteiger partial charge in [-0.3, -0.25) is 0 Å². The molecule has 2 saturated heterocycles. The second kappa shape index (κ2) is 6.77. The SMILES string of the molecule is C[C@@]12CCC(N1)[C@H](F)[C@@H](Oc1ncc(-c3ccc(-n4ccnc4)cc3O)nn1)C2. The Morgan fingerprint density at radius 2 is 2.24 bits per heavy atom. The lowest BCUT2D eigenvalue weighted by molar-refractivity contribution is 0.0203. The minimum absolute atomic E-state index is 0.0424. The van der Waals surface area contributed by atoms with Crippen LogP contribution in [0.5, 0.6) is 11.8 Å². The molecule has 0 saturated carbocycles. The van der Waals surface area contributed by atoms with Crippen LogP contribution in [0.1, 0.15) is 26.2 Å². The Hall–Kier alpha value is -3.07. The number of nitrogens with zero attached hydrogens (tertiary/aromatic N) is 5. The first kappa shape index (κ1) is 18.0. The van der Waals surface area contributed by atoms with Gasteiger partial charge in [0.05, 0.1) is 18.2 Å². The predicted molar refractivity (Wildman–Crippen MR) is 103 cm³/mol. The summed E-state index contributed by atoms with van der Waals surface area (Å²) in [5.41, 5.74) is 1.57. The highest BCUT2D eigenvalue weighted by Crippen LogP contribution is 2.38. The van der Waals surface area contributed by atoms with Gasteiger partial charge in [0.15, 0.2) is 6.17 Å². The predicted octanol–water partition coefficient (Wildman–Crippen LogP) is 2.43. The van der Waals surface area contributed by atoms with Gasteiger partial charge in [-0.05, 0) is 31.9 Å². The smallest absolute Gasteiger partial charge is 0.336 e. The third-order valence-corrected chi connectivity index (χ3v) is 5.79. The molecule has 0 amide bonds. The van der Waals surface area contributed by atoms with Crippen LogP contribution in [-0.4, -0.2) is 53.7 Å². The van der Waals surface area contributed by atoms with Crippen molar-refractivity contribution in [2.75, 3.05) is 0 Å². The molecule has 0 spiro atoms. The van der Waals surface area contributed by atoms with E-state index in [9.17, 15) is 9.50 Å². The summed E-state index contributed by atoms with van der Waals surface area (Å²) in [5, 5.41) is 21.8. The number of ether oxygens (including phenoxy) is 1. The van der Waals surface area contributed by atoms with E-state index < -0.39 is 12.3 Å². The van der Waals surface area contributed by atoms with E-state index in [-0.39, 0.29) is 23.3 Å².